The number of nitrogens with one attached hydrogen (secondary N) is 1. The molecule has 0 aliphatic carbocycles. The van der Waals surface area contributed by atoms with Gasteiger partial charge in [0.1, 0.15) is 5.69 Å². The molecule has 76 valence electrons. The zero-order valence-corrected chi connectivity index (χ0v) is 8.88. The van der Waals surface area contributed by atoms with Crippen LogP contribution >= 0.6 is 11.6 Å². The highest BCUT2D eigenvalue weighted by Crippen LogP contribution is 2.13. The van der Waals surface area contributed by atoms with Crippen LogP contribution in [0.3, 0.4) is 0 Å². The molecule has 1 aromatic heterocycles. The van der Waals surface area contributed by atoms with Crippen molar-refractivity contribution in [3.8, 4) is 0 Å². The van der Waals surface area contributed by atoms with E-state index in [1.807, 2.05) is 0 Å². The highest BCUT2D eigenvalue weighted by molar-refractivity contribution is 6.31. The lowest BCUT2D eigenvalue weighted by Gasteiger charge is -1.93. The molecule has 0 atom stereocenters. The molecule has 0 saturated carbocycles. The number of carbonyl (C=O) groups is 1. The van der Waals surface area contributed by atoms with Gasteiger partial charge in [-0.1, -0.05) is 17.7 Å². The van der Waals surface area contributed by atoms with Gasteiger partial charge in [0.2, 0.25) is 5.91 Å². The molecule has 1 N–H and O–H groups in total. The molecule has 1 rings (SSSR count). The Hall–Kier alpha value is -1.29. The Kier molecular flexibility index (Phi) is 3.71. The first kappa shape index (κ1) is 10.8. The van der Waals surface area contributed by atoms with E-state index in [2.05, 4.69) is 10.4 Å². The second kappa shape index (κ2) is 4.81. The molecule has 1 aromatic rings. The molecule has 0 aliphatic heterocycles. The normalized spacial score (nSPS) is 10.8. The molecule has 14 heavy (non-hydrogen) atoms. The summed E-state index contributed by atoms with van der Waals surface area (Å²) in [6.07, 6.45) is 5.30. The maximum atomic E-state index is 10.5. The van der Waals surface area contributed by atoms with Crippen LogP contribution < -0.4 is 5.32 Å². The average Bonchev–Trinajstić information content (AvgIpc) is 2.39. The molecular formula is C9H12ClN3O. The number of aromatic nitrogens is 2. The highest BCUT2D eigenvalue weighted by atomic mass is 35.5. The third-order valence-corrected chi connectivity index (χ3v) is 1.85. The van der Waals surface area contributed by atoms with Crippen molar-refractivity contribution in [2.75, 3.05) is 6.54 Å². The van der Waals surface area contributed by atoms with E-state index in [1.54, 1.807) is 30.1 Å². The fourth-order valence-corrected chi connectivity index (χ4v) is 1.20. The Morgan fingerprint density at radius 2 is 2.50 bits per heavy atom. The highest BCUT2D eigenvalue weighted by Gasteiger charge is 1.99. The molecular weight excluding hydrogens is 202 g/mol. The van der Waals surface area contributed by atoms with Gasteiger partial charge < -0.3 is 5.32 Å². The van der Waals surface area contributed by atoms with Crippen molar-refractivity contribution in [3.63, 3.8) is 0 Å². The first-order chi connectivity index (χ1) is 6.59. The molecule has 0 bridgehead atoms. The van der Waals surface area contributed by atoms with E-state index < -0.39 is 0 Å². The van der Waals surface area contributed by atoms with Gasteiger partial charge in [-0.05, 0) is 6.08 Å². The Balaban J connectivity index is 2.51. The molecule has 1 amide bonds. The van der Waals surface area contributed by atoms with Gasteiger partial charge in [0.05, 0.1) is 5.02 Å². The van der Waals surface area contributed by atoms with Crippen LogP contribution in [0.1, 0.15) is 12.6 Å². The maximum absolute atomic E-state index is 10.5. The van der Waals surface area contributed by atoms with Crippen LogP contribution in [-0.4, -0.2) is 22.2 Å². The van der Waals surface area contributed by atoms with E-state index in [0.717, 1.165) is 0 Å². The van der Waals surface area contributed by atoms with Gasteiger partial charge in [-0.3, -0.25) is 9.48 Å². The number of nitrogens with zero attached hydrogens (tertiary/aromatic N) is 2. The molecule has 0 spiro atoms. The van der Waals surface area contributed by atoms with Crippen molar-refractivity contribution < 1.29 is 4.79 Å². The van der Waals surface area contributed by atoms with Crippen LogP contribution in [0.2, 0.25) is 5.02 Å². The predicted molar refractivity (Wildman–Crippen MR) is 55.9 cm³/mol. The summed E-state index contributed by atoms with van der Waals surface area (Å²) >= 11 is 5.86. The summed E-state index contributed by atoms with van der Waals surface area (Å²) < 4.78 is 1.64. The van der Waals surface area contributed by atoms with E-state index in [-0.39, 0.29) is 5.91 Å². The third-order valence-electron chi connectivity index (χ3n) is 1.55. The van der Waals surface area contributed by atoms with Gasteiger partial charge >= 0.3 is 0 Å². The van der Waals surface area contributed by atoms with Crippen LogP contribution in [0.5, 0.6) is 0 Å². The molecule has 1 heterocycles. The fraction of sp³-hybridized carbons (Fsp3) is 0.333. The smallest absolute Gasteiger partial charge is 0.217 e. The van der Waals surface area contributed by atoms with Gasteiger partial charge in [-0.25, -0.2) is 0 Å². The van der Waals surface area contributed by atoms with E-state index >= 15 is 0 Å². The van der Waals surface area contributed by atoms with Crippen LogP contribution in [0.25, 0.3) is 6.08 Å². The molecule has 0 unspecified atom stereocenters. The lowest BCUT2D eigenvalue weighted by molar-refractivity contribution is -0.118. The van der Waals surface area contributed by atoms with Gasteiger partial charge in [-0.15, -0.1) is 0 Å². The van der Waals surface area contributed by atoms with Crippen molar-refractivity contribution in [3.05, 3.63) is 23.0 Å². The number of hydrogen-bond donors (Lipinski definition) is 1. The minimum Gasteiger partial charge on any atom is -0.353 e. The van der Waals surface area contributed by atoms with Gasteiger partial charge in [0.25, 0.3) is 0 Å². The number of aryl methyl sites for hydroxylation is 1. The molecule has 0 aliphatic rings. The SMILES string of the molecule is CC(=O)NCC=Cc1nn(C)cc1Cl. The summed E-state index contributed by atoms with van der Waals surface area (Å²) in [5.74, 6) is -0.0539. The van der Waals surface area contributed by atoms with Gasteiger partial charge in [0.15, 0.2) is 0 Å². The molecule has 4 nitrogen and oxygen atoms in total. The van der Waals surface area contributed by atoms with Crippen molar-refractivity contribution in [1.29, 1.82) is 0 Å². The Labute approximate surface area is 87.6 Å². The number of rotatable bonds is 3. The van der Waals surface area contributed by atoms with Crippen molar-refractivity contribution in [2.24, 2.45) is 7.05 Å². The Morgan fingerprint density at radius 1 is 1.79 bits per heavy atom. The minimum atomic E-state index is -0.0539. The number of carbonyl (C=O) groups excluding carboxylic acids is 1. The summed E-state index contributed by atoms with van der Waals surface area (Å²) in [5, 5.41) is 7.35. The van der Waals surface area contributed by atoms with Crippen LogP contribution in [-0.2, 0) is 11.8 Å². The molecule has 0 radical (unpaired) electrons. The summed E-state index contributed by atoms with van der Waals surface area (Å²) in [6, 6.07) is 0. The quantitative estimate of drug-likeness (QED) is 0.821. The predicted octanol–water partition coefficient (Wildman–Crippen LogP) is 1.22. The summed E-state index contributed by atoms with van der Waals surface area (Å²) in [5.41, 5.74) is 0.708. The van der Waals surface area contributed by atoms with E-state index in [9.17, 15) is 4.79 Å². The average molecular weight is 214 g/mol. The molecule has 0 saturated heterocycles. The third kappa shape index (κ3) is 3.22. The lowest BCUT2D eigenvalue weighted by Crippen LogP contribution is -2.19. The van der Waals surface area contributed by atoms with Crippen LogP contribution in [0.4, 0.5) is 0 Å². The number of halogens is 1. The monoisotopic (exact) mass is 213 g/mol. The Morgan fingerprint density at radius 3 is 3.00 bits per heavy atom. The zero-order chi connectivity index (χ0) is 10.6. The second-order valence-electron chi connectivity index (χ2n) is 2.88. The summed E-state index contributed by atoms with van der Waals surface area (Å²) in [7, 11) is 1.80. The van der Waals surface area contributed by atoms with Crippen molar-refractivity contribution in [2.45, 2.75) is 6.92 Å². The molecule has 5 heteroatoms. The van der Waals surface area contributed by atoms with Crippen molar-refractivity contribution >= 4 is 23.6 Å². The largest absolute Gasteiger partial charge is 0.353 e. The molecule has 0 fully saturated rings. The van der Waals surface area contributed by atoms with Gasteiger partial charge in [0, 0.05) is 26.7 Å². The topological polar surface area (TPSA) is 46.9 Å². The summed E-state index contributed by atoms with van der Waals surface area (Å²) in [6.45, 7) is 1.96. The standard InChI is InChI=1S/C9H12ClN3O/c1-7(14)11-5-3-4-9-8(10)6-13(2)12-9/h3-4,6H,5H2,1-2H3,(H,11,14). The van der Waals surface area contributed by atoms with E-state index in [0.29, 0.717) is 17.3 Å². The minimum absolute atomic E-state index is 0.0539. The maximum Gasteiger partial charge on any atom is 0.217 e. The first-order valence-electron chi connectivity index (χ1n) is 4.19. The van der Waals surface area contributed by atoms with E-state index in [1.165, 1.54) is 6.92 Å². The molecule has 0 aromatic carbocycles. The van der Waals surface area contributed by atoms with E-state index in [4.69, 9.17) is 11.6 Å². The first-order valence-corrected chi connectivity index (χ1v) is 4.57. The zero-order valence-electron chi connectivity index (χ0n) is 8.12. The van der Waals surface area contributed by atoms with Crippen LogP contribution in [0.15, 0.2) is 12.3 Å². The number of hydrogen-bond acceptors (Lipinski definition) is 2. The summed E-state index contributed by atoms with van der Waals surface area (Å²) in [4.78, 5) is 10.5. The Bertz CT molecular complexity index is 357. The number of amides is 1. The second-order valence-corrected chi connectivity index (χ2v) is 3.28. The van der Waals surface area contributed by atoms with Crippen LogP contribution in [0, 0.1) is 0 Å². The fourth-order valence-electron chi connectivity index (χ4n) is 0.963. The van der Waals surface area contributed by atoms with Gasteiger partial charge in [-0.2, -0.15) is 5.10 Å². The van der Waals surface area contributed by atoms with Crippen molar-refractivity contribution in [1.82, 2.24) is 15.1 Å². The lowest BCUT2D eigenvalue weighted by atomic mass is 10.4.